The first-order valence-corrected chi connectivity index (χ1v) is 5.23. The SMILES string of the molecule is Cc1ccc2oc(C)c(C(C)C(=O)O)c2c1. The third-order valence-corrected chi connectivity index (χ3v) is 2.87. The van der Waals surface area contributed by atoms with Gasteiger partial charge in [-0.25, -0.2) is 0 Å². The molecule has 84 valence electrons. The van der Waals surface area contributed by atoms with E-state index in [2.05, 4.69) is 0 Å². The molecule has 1 aromatic carbocycles. The van der Waals surface area contributed by atoms with Crippen LogP contribution >= 0.6 is 0 Å². The second kappa shape index (κ2) is 3.67. The number of fused-ring (bicyclic) bond motifs is 1. The molecule has 0 radical (unpaired) electrons. The van der Waals surface area contributed by atoms with Crippen LogP contribution in [0.15, 0.2) is 22.6 Å². The number of rotatable bonds is 2. The summed E-state index contributed by atoms with van der Waals surface area (Å²) in [7, 11) is 0. The molecule has 0 bridgehead atoms. The molecule has 0 saturated carbocycles. The number of hydrogen-bond acceptors (Lipinski definition) is 2. The summed E-state index contributed by atoms with van der Waals surface area (Å²) >= 11 is 0. The van der Waals surface area contributed by atoms with E-state index in [0.29, 0.717) is 5.76 Å². The van der Waals surface area contributed by atoms with E-state index in [4.69, 9.17) is 9.52 Å². The molecule has 3 nitrogen and oxygen atoms in total. The smallest absolute Gasteiger partial charge is 0.310 e. The van der Waals surface area contributed by atoms with E-state index in [-0.39, 0.29) is 0 Å². The number of aliphatic carboxylic acids is 1. The maximum Gasteiger partial charge on any atom is 0.310 e. The van der Waals surface area contributed by atoms with Gasteiger partial charge < -0.3 is 9.52 Å². The molecule has 1 heterocycles. The summed E-state index contributed by atoms with van der Waals surface area (Å²) in [4.78, 5) is 11.0. The number of carbonyl (C=O) groups is 1. The van der Waals surface area contributed by atoms with Crippen LogP contribution in [-0.2, 0) is 4.79 Å². The highest BCUT2D eigenvalue weighted by molar-refractivity contribution is 5.89. The van der Waals surface area contributed by atoms with Gasteiger partial charge in [-0.3, -0.25) is 4.79 Å². The summed E-state index contributed by atoms with van der Waals surface area (Å²) in [6.07, 6.45) is 0. The highest BCUT2D eigenvalue weighted by atomic mass is 16.4. The van der Waals surface area contributed by atoms with E-state index in [1.54, 1.807) is 6.92 Å². The summed E-state index contributed by atoms with van der Waals surface area (Å²) in [5.41, 5.74) is 2.64. The number of carboxylic acid groups (broad SMARTS) is 1. The quantitative estimate of drug-likeness (QED) is 0.841. The average Bonchev–Trinajstić information content (AvgIpc) is 2.52. The molecule has 1 unspecified atom stereocenters. The zero-order chi connectivity index (χ0) is 11.9. The van der Waals surface area contributed by atoms with Gasteiger partial charge in [-0.2, -0.15) is 0 Å². The van der Waals surface area contributed by atoms with E-state index in [1.165, 1.54) is 0 Å². The lowest BCUT2D eigenvalue weighted by atomic mass is 9.97. The Balaban J connectivity index is 2.72. The summed E-state index contributed by atoms with van der Waals surface area (Å²) in [6.45, 7) is 5.48. The first-order chi connectivity index (χ1) is 7.50. The van der Waals surface area contributed by atoms with Gasteiger partial charge in [0.15, 0.2) is 0 Å². The monoisotopic (exact) mass is 218 g/mol. The molecule has 1 N–H and O–H groups in total. The van der Waals surface area contributed by atoms with Gasteiger partial charge in [-0.05, 0) is 32.9 Å². The minimum Gasteiger partial charge on any atom is -0.481 e. The van der Waals surface area contributed by atoms with Crippen molar-refractivity contribution in [1.82, 2.24) is 0 Å². The summed E-state index contributed by atoms with van der Waals surface area (Å²) < 4.78 is 5.56. The largest absolute Gasteiger partial charge is 0.481 e. The Kier molecular flexibility index (Phi) is 2.46. The van der Waals surface area contributed by atoms with Crippen molar-refractivity contribution in [3.8, 4) is 0 Å². The predicted octanol–water partition coefficient (Wildman–Crippen LogP) is 3.24. The highest BCUT2D eigenvalue weighted by Crippen LogP contribution is 2.32. The van der Waals surface area contributed by atoms with Crippen molar-refractivity contribution in [1.29, 1.82) is 0 Å². The van der Waals surface area contributed by atoms with Crippen LogP contribution in [0.4, 0.5) is 0 Å². The van der Waals surface area contributed by atoms with Crippen molar-refractivity contribution in [2.75, 3.05) is 0 Å². The van der Waals surface area contributed by atoms with E-state index >= 15 is 0 Å². The molecule has 1 aromatic heterocycles. The van der Waals surface area contributed by atoms with Gasteiger partial charge in [0.2, 0.25) is 0 Å². The lowest BCUT2D eigenvalue weighted by Crippen LogP contribution is -2.07. The van der Waals surface area contributed by atoms with E-state index in [9.17, 15) is 4.79 Å². The van der Waals surface area contributed by atoms with Gasteiger partial charge in [0.05, 0.1) is 5.92 Å². The van der Waals surface area contributed by atoms with Crippen LogP contribution in [0.25, 0.3) is 11.0 Å². The van der Waals surface area contributed by atoms with Gasteiger partial charge in [-0.15, -0.1) is 0 Å². The van der Waals surface area contributed by atoms with Crippen LogP contribution < -0.4 is 0 Å². The molecule has 0 fully saturated rings. The van der Waals surface area contributed by atoms with Crippen molar-refractivity contribution in [3.63, 3.8) is 0 Å². The second-order valence-corrected chi connectivity index (χ2v) is 4.13. The molecule has 0 aliphatic carbocycles. The molecule has 0 saturated heterocycles. The van der Waals surface area contributed by atoms with Crippen molar-refractivity contribution < 1.29 is 14.3 Å². The minimum absolute atomic E-state index is 0.539. The fourth-order valence-corrected chi connectivity index (χ4v) is 2.01. The van der Waals surface area contributed by atoms with Crippen LogP contribution in [-0.4, -0.2) is 11.1 Å². The second-order valence-electron chi connectivity index (χ2n) is 4.13. The number of hydrogen-bond donors (Lipinski definition) is 1. The lowest BCUT2D eigenvalue weighted by molar-refractivity contribution is -0.138. The van der Waals surface area contributed by atoms with Crippen LogP contribution in [0.3, 0.4) is 0 Å². The Morgan fingerprint density at radius 1 is 1.38 bits per heavy atom. The van der Waals surface area contributed by atoms with Crippen molar-refractivity contribution in [2.45, 2.75) is 26.7 Å². The van der Waals surface area contributed by atoms with Gasteiger partial charge >= 0.3 is 5.97 Å². The standard InChI is InChI=1S/C13H14O3/c1-7-4-5-11-10(6-7)12(9(3)16-11)8(2)13(14)15/h4-6,8H,1-3H3,(H,14,15). The van der Waals surface area contributed by atoms with E-state index in [1.807, 2.05) is 32.0 Å². The fourth-order valence-electron chi connectivity index (χ4n) is 2.01. The maximum atomic E-state index is 11.0. The van der Waals surface area contributed by atoms with Crippen molar-refractivity contribution in [2.24, 2.45) is 0 Å². The minimum atomic E-state index is -0.827. The lowest BCUT2D eigenvalue weighted by Gasteiger charge is -2.05. The van der Waals surface area contributed by atoms with Crippen LogP contribution in [0, 0.1) is 13.8 Å². The van der Waals surface area contributed by atoms with Crippen molar-refractivity contribution in [3.05, 3.63) is 35.1 Å². The third-order valence-electron chi connectivity index (χ3n) is 2.87. The van der Waals surface area contributed by atoms with E-state index < -0.39 is 11.9 Å². The van der Waals surface area contributed by atoms with Gasteiger partial charge in [-0.1, -0.05) is 11.6 Å². The molecular formula is C13H14O3. The summed E-state index contributed by atoms with van der Waals surface area (Å²) in [5.74, 6) is -0.675. The van der Waals surface area contributed by atoms with Crippen molar-refractivity contribution >= 4 is 16.9 Å². The predicted molar refractivity (Wildman–Crippen MR) is 61.7 cm³/mol. The number of benzene rings is 1. The molecule has 2 rings (SSSR count). The number of aryl methyl sites for hydroxylation is 2. The molecule has 16 heavy (non-hydrogen) atoms. The molecule has 2 aromatic rings. The van der Waals surface area contributed by atoms with Gasteiger partial charge in [0.1, 0.15) is 11.3 Å². The van der Waals surface area contributed by atoms with Crippen LogP contribution in [0.1, 0.15) is 29.7 Å². The Morgan fingerprint density at radius 3 is 2.69 bits per heavy atom. The third kappa shape index (κ3) is 1.58. The molecule has 1 atom stereocenters. The molecule has 0 aliphatic rings. The number of furan rings is 1. The molecular weight excluding hydrogens is 204 g/mol. The summed E-state index contributed by atoms with van der Waals surface area (Å²) in [6, 6.07) is 5.82. The topological polar surface area (TPSA) is 50.4 Å². The Labute approximate surface area is 93.7 Å². The number of carboxylic acids is 1. The Bertz CT molecular complexity index is 552. The fraction of sp³-hybridized carbons (Fsp3) is 0.308. The highest BCUT2D eigenvalue weighted by Gasteiger charge is 2.22. The Hall–Kier alpha value is -1.77. The normalized spacial score (nSPS) is 12.9. The van der Waals surface area contributed by atoms with Gasteiger partial charge in [0, 0.05) is 10.9 Å². The van der Waals surface area contributed by atoms with Crippen LogP contribution in [0.5, 0.6) is 0 Å². The first-order valence-electron chi connectivity index (χ1n) is 5.23. The van der Waals surface area contributed by atoms with E-state index in [0.717, 1.165) is 22.1 Å². The average molecular weight is 218 g/mol. The first kappa shape index (κ1) is 10.7. The molecule has 0 amide bonds. The zero-order valence-electron chi connectivity index (χ0n) is 9.57. The molecule has 0 spiro atoms. The summed E-state index contributed by atoms with van der Waals surface area (Å²) in [5, 5.41) is 9.97. The molecule has 3 heteroatoms. The Morgan fingerprint density at radius 2 is 2.06 bits per heavy atom. The molecule has 0 aliphatic heterocycles. The maximum absolute atomic E-state index is 11.0. The van der Waals surface area contributed by atoms with Gasteiger partial charge in [0.25, 0.3) is 0 Å². The zero-order valence-corrected chi connectivity index (χ0v) is 9.57. The van der Waals surface area contributed by atoms with Crippen LogP contribution in [0.2, 0.25) is 0 Å².